The number of benzene rings is 1. The van der Waals surface area contributed by atoms with Crippen molar-refractivity contribution in [2.45, 2.75) is 56.5 Å². The summed E-state index contributed by atoms with van der Waals surface area (Å²) in [7, 11) is 0. The molecule has 1 aromatic carbocycles. The lowest BCUT2D eigenvalue weighted by molar-refractivity contribution is -0.0399. The third-order valence-corrected chi connectivity index (χ3v) is 6.27. The number of hydrogen-bond acceptors (Lipinski definition) is 4. The summed E-state index contributed by atoms with van der Waals surface area (Å²) in [4.78, 5) is 17.2. The molecular weight excluding hydrogens is 426 g/mol. The van der Waals surface area contributed by atoms with Gasteiger partial charge in [-0.25, -0.2) is 27.1 Å². The number of halogens is 4. The van der Waals surface area contributed by atoms with Gasteiger partial charge in [-0.1, -0.05) is 0 Å². The molecule has 1 fully saturated rings. The smallest absolute Gasteiger partial charge is 0.256 e. The van der Waals surface area contributed by atoms with Crippen LogP contribution in [0.1, 0.15) is 59.6 Å². The summed E-state index contributed by atoms with van der Waals surface area (Å²) < 4.78 is 56.5. The predicted molar refractivity (Wildman–Crippen MR) is 109 cm³/mol. The molecule has 6 nitrogen and oxygen atoms in total. The van der Waals surface area contributed by atoms with Crippen LogP contribution in [0.5, 0.6) is 0 Å². The van der Waals surface area contributed by atoms with Crippen molar-refractivity contribution in [2.24, 2.45) is 0 Å². The molecule has 2 N–H and O–H groups in total. The lowest BCUT2D eigenvalue weighted by Crippen LogP contribution is -2.40. The molecule has 168 valence electrons. The van der Waals surface area contributed by atoms with Crippen LogP contribution in [0, 0.1) is 11.6 Å². The quantitative estimate of drug-likeness (QED) is 0.581. The van der Waals surface area contributed by atoms with Crippen LogP contribution in [0.3, 0.4) is 0 Å². The molecule has 1 unspecified atom stereocenters. The molecule has 32 heavy (non-hydrogen) atoms. The summed E-state index contributed by atoms with van der Waals surface area (Å²) in [6.07, 6.45) is 3.83. The number of nitrogens with zero attached hydrogens (tertiary/aromatic N) is 3. The van der Waals surface area contributed by atoms with Gasteiger partial charge in [0.15, 0.2) is 5.65 Å². The zero-order valence-corrected chi connectivity index (χ0v) is 17.0. The summed E-state index contributed by atoms with van der Waals surface area (Å²) in [6.45, 7) is 0. The van der Waals surface area contributed by atoms with E-state index in [2.05, 4.69) is 20.7 Å². The van der Waals surface area contributed by atoms with E-state index in [1.165, 1.54) is 10.7 Å². The second kappa shape index (κ2) is 7.75. The van der Waals surface area contributed by atoms with Gasteiger partial charge in [0.05, 0.1) is 12.2 Å². The monoisotopic (exact) mass is 447 g/mol. The van der Waals surface area contributed by atoms with E-state index in [0.29, 0.717) is 29.8 Å². The molecular formula is C22H21F4N5O. The molecule has 1 amide bonds. The molecule has 0 bridgehead atoms. The van der Waals surface area contributed by atoms with Gasteiger partial charge in [0.2, 0.25) is 5.92 Å². The maximum Gasteiger partial charge on any atom is 0.256 e. The van der Waals surface area contributed by atoms with Crippen molar-refractivity contribution in [3.63, 3.8) is 0 Å². The Hall–Kier alpha value is -3.17. The molecule has 2 aliphatic carbocycles. The van der Waals surface area contributed by atoms with Crippen LogP contribution < -0.4 is 10.6 Å². The second-order valence-corrected chi connectivity index (χ2v) is 8.40. The zero-order valence-electron chi connectivity index (χ0n) is 17.0. The molecule has 0 spiro atoms. The third kappa shape index (κ3) is 3.78. The number of aromatic nitrogens is 3. The largest absolute Gasteiger partial charge is 0.363 e. The normalized spacial score (nSPS) is 20.3. The minimum absolute atomic E-state index is 0.210. The minimum Gasteiger partial charge on any atom is -0.363 e. The summed E-state index contributed by atoms with van der Waals surface area (Å²) in [5.41, 5.74) is 1.17. The van der Waals surface area contributed by atoms with Gasteiger partial charge >= 0.3 is 0 Å². The second-order valence-electron chi connectivity index (χ2n) is 8.40. The number of fused-ring (bicyclic) bond motifs is 2. The molecule has 2 aliphatic rings. The molecule has 2 heterocycles. The molecule has 2 aromatic heterocycles. The van der Waals surface area contributed by atoms with E-state index in [1.54, 1.807) is 12.3 Å². The van der Waals surface area contributed by atoms with Gasteiger partial charge in [0.1, 0.15) is 23.0 Å². The Morgan fingerprint density at radius 3 is 2.62 bits per heavy atom. The van der Waals surface area contributed by atoms with Crippen LogP contribution >= 0.6 is 0 Å². The van der Waals surface area contributed by atoms with Gasteiger partial charge < -0.3 is 10.6 Å². The fraction of sp³-hybridized carbons (Fsp3) is 0.409. The van der Waals surface area contributed by atoms with Crippen molar-refractivity contribution in [3.8, 4) is 0 Å². The first-order valence-electron chi connectivity index (χ1n) is 10.6. The summed E-state index contributed by atoms with van der Waals surface area (Å²) in [5.74, 6) is -3.61. The van der Waals surface area contributed by atoms with Gasteiger partial charge in [-0.3, -0.25) is 4.79 Å². The Balaban J connectivity index is 1.35. The Labute approximate surface area is 181 Å². The van der Waals surface area contributed by atoms with Crippen molar-refractivity contribution in [1.29, 1.82) is 0 Å². The van der Waals surface area contributed by atoms with E-state index < -0.39 is 29.5 Å². The highest BCUT2D eigenvalue weighted by atomic mass is 19.3. The highest BCUT2D eigenvalue weighted by Crippen LogP contribution is 2.37. The Morgan fingerprint density at radius 1 is 1.09 bits per heavy atom. The van der Waals surface area contributed by atoms with Gasteiger partial charge in [0, 0.05) is 30.6 Å². The first-order chi connectivity index (χ1) is 15.3. The first-order valence-corrected chi connectivity index (χ1v) is 10.6. The van der Waals surface area contributed by atoms with Gasteiger partial charge in [0.25, 0.3) is 5.91 Å². The Bertz CT molecular complexity index is 1180. The van der Waals surface area contributed by atoms with Gasteiger partial charge in [-0.15, -0.1) is 0 Å². The highest BCUT2D eigenvalue weighted by molar-refractivity contribution is 5.99. The van der Waals surface area contributed by atoms with E-state index >= 15 is 0 Å². The van der Waals surface area contributed by atoms with Crippen LogP contribution in [0.25, 0.3) is 5.65 Å². The van der Waals surface area contributed by atoms with Crippen LogP contribution in [0.4, 0.5) is 23.4 Å². The number of amides is 1. The summed E-state index contributed by atoms with van der Waals surface area (Å²) in [6, 6.07) is 3.11. The van der Waals surface area contributed by atoms with E-state index in [9.17, 15) is 22.4 Å². The summed E-state index contributed by atoms with van der Waals surface area (Å²) in [5, 5.41) is 10.0. The fourth-order valence-corrected chi connectivity index (χ4v) is 4.55. The number of nitrogens with one attached hydrogen (secondary N) is 2. The number of rotatable bonds is 4. The number of hydrogen-bond donors (Lipinski definition) is 2. The average Bonchev–Trinajstić information content (AvgIpc) is 3.37. The fourth-order valence-electron chi connectivity index (χ4n) is 4.55. The number of carbonyl (C=O) groups is 1. The molecule has 0 radical (unpaired) electrons. The predicted octanol–water partition coefficient (Wildman–Crippen LogP) is 4.41. The molecule has 0 aliphatic heterocycles. The van der Waals surface area contributed by atoms with Crippen molar-refractivity contribution >= 4 is 17.4 Å². The third-order valence-electron chi connectivity index (χ3n) is 6.27. The van der Waals surface area contributed by atoms with Crippen LogP contribution in [0.15, 0.2) is 30.6 Å². The number of carbonyl (C=O) groups excluding carboxylic acids is 1. The van der Waals surface area contributed by atoms with Gasteiger partial charge in [-0.2, -0.15) is 5.10 Å². The molecule has 5 rings (SSSR count). The van der Waals surface area contributed by atoms with E-state index in [-0.39, 0.29) is 42.9 Å². The highest BCUT2D eigenvalue weighted by Gasteiger charge is 2.35. The standard InChI is InChI=1S/C22H21F4N5O/c23-15-2-3-16(24)19-13(15)1-4-17(19)29-18-7-10-31-20(30-18)14(11-27-31)21(32)28-12-5-8-22(25,26)9-6-12/h2-3,7,10-12,17H,1,4-6,8-9H2,(H,28,32)(H,29,30). The van der Waals surface area contributed by atoms with Crippen molar-refractivity contribution in [1.82, 2.24) is 19.9 Å². The zero-order chi connectivity index (χ0) is 22.5. The maximum atomic E-state index is 14.3. The molecule has 0 saturated heterocycles. The molecule has 10 heteroatoms. The van der Waals surface area contributed by atoms with Crippen molar-refractivity contribution < 1.29 is 22.4 Å². The lowest BCUT2D eigenvalue weighted by Gasteiger charge is -2.28. The van der Waals surface area contributed by atoms with Crippen molar-refractivity contribution in [2.75, 3.05) is 5.32 Å². The van der Waals surface area contributed by atoms with E-state index in [0.717, 1.165) is 12.1 Å². The lowest BCUT2D eigenvalue weighted by atomic mass is 9.92. The Kier molecular flexibility index (Phi) is 5.02. The van der Waals surface area contributed by atoms with Crippen LogP contribution in [-0.2, 0) is 6.42 Å². The number of anilines is 1. The maximum absolute atomic E-state index is 14.3. The molecule has 3 aromatic rings. The van der Waals surface area contributed by atoms with E-state index in [4.69, 9.17) is 0 Å². The van der Waals surface area contributed by atoms with Gasteiger partial charge in [-0.05, 0) is 49.4 Å². The molecule has 1 saturated carbocycles. The topological polar surface area (TPSA) is 71.3 Å². The molecule has 1 atom stereocenters. The van der Waals surface area contributed by atoms with Crippen LogP contribution in [-0.4, -0.2) is 32.5 Å². The van der Waals surface area contributed by atoms with Crippen LogP contribution in [0.2, 0.25) is 0 Å². The average molecular weight is 447 g/mol. The van der Waals surface area contributed by atoms with E-state index in [1.807, 2.05) is 0 Å². The summed E-state index contributed by atoms with van der Waals surface area (Å²) >= 11 is 0. The Morgan fingerprint density at radius 2 is 1.84 bits per heavy atom. The SMILES string of the molecule is O=C(NC1CCC(F)(F)CC1)c1cnn2ccc(NC3CCc4c(F)ccc(F)c43)nc12. The first kappa shape index (κ1) is 20.7. The number of alkyl halides is 2. The minimum atomic E-state index is -2.67. The van der Waals surface area contributed by atoms with Crippen molar-refractivity contribution in [3.05, 3.63) is 58.9 Å².